The van der Waals surface area contributed by atoms with Gasteiger partial charge in [0.1, 0.15) is 17.3 Å². The molecule has 0 unspecified atom stereocenters. The van der Waals surface area contributed by atoms with Crippen molar-refractivity contribution in [3.63, 3.8) is 0 Å². The number of ether oxygens (including phenoxy) is 1. The highest BCUT2D eigenvalue weighted by Gasteiger charge is 2.37. The molecule has 1 heterocycles. The molecule has 42 heavy (non-hydrogen) atoms. The molecule has 8 nitrogen and oxygen atoms in total. The quantitative estimate of drug-likeness (QED) is 0.220. The summed E-state index contributed by atoms with van der Waals surface area (Å²) in [5.41, 5.74) is -0.0314. The molecule has 4 aromatic rings. The van der Waals surface area contributed by atoms with E-state index in [1.54, 1.807) is 11.6 Å². The summed E-state index contributed by atoms with van der Waals surface area (Å²) in [5.74, 6) is -1.02. The zero-order valence-corrected chi connectivity index (χ0v) is 22.4. The van der Waals surface area contributed by atoms with E-state index >= 15 is 0 Å². The molecule has 2 N–H and O–H groups in total. The average Bonchev–Trinajstić information content (AvgIpc) is 3.30. The molecule has 4 rings (SSSR count). The number of sulfonamides is 1. The minimum atomic E-state index is -4.94. The lowest BCUT2D eigenvalue weighted by Crippen LogP contribution is -2.33. The first-order valence-electron chi connectivity index (χ1n) is 12.0. The molecule has 0 saturated carbocycles. The molecule has 0 saturated heterocycles. The Bertz CT molecular complexity index is 1700. The molecule has 0 aliphatic rings. The van der Waals surface area contributed by atoms with Crippen LogP contribution in [0.2, 0.25) is 0 Å². The second-order valence-corrected chi connectivity index (χ2v) is 10.5. The van der Waals surface area contributed by atoms with Gasteiger partial charge < -0.3 is 14.5 Å². The Morgan fingerprint density at radius 3 is 2.21 bits per heavy atom. The molecule has 3 aromatic carbocycles. The first kappa shape index (κ1) is 30.2. The summed E-state index contributed by atoms with van der Waals surface area (Å²) in [6.07, 6.45) is -5.41. The van der Waals surface area contributed by atoms with Crippen molar-refractivity contribution < 1.29 is 49.1 Å². The van der Waals surface area contributed by atoms with Crippen molar-refractivity contribution in [2.24, 2.45) is 0 Å². The number of nitrogens with one attached hydrogen (secondary N) is 2. The minimum absolute atomic E-state index is 0.0377. The van der Waals surface area contributed by atoms with E-state index in [1.165, 1.54) is 54.6 Å². The molecule has 0 atom stereocenters. The summed E-state index contributed by atoms with van der Waals surface area (Å²) >= 11 is 0. The van der Waals surface area contributed by atoms with Crippen molar-refractivity contribution >= 4 is 27.5 Å². The fourth-order valence-corrected chi connectivity index (χ4v) is 5.13. The van der Waals surface area contributed by atoms with E-state index in [1.807, 2.05) is 0 Å². The number of benzene rings is 3. The van der Waals surface area contributed by atoms with Gasteiger partial charge in [-0.2, -0.15) is 22.0 Å². The number of alkyl halides is 5. The number of carbonyl (C=O) groups is 2. The zero-order valence-electron chi connectivity index (χ0n) is 21.5. The first-order valence-corrected chi connectivity index (χ1v) is 13.5. The molecule has 0 aliphatic heterocycles. The Morgan fingerprint density at radius 1 is 0.952 bits per heavy atom. The molecule has 0 aliphatic carbocycles. The Labute approximate surface area is 236 Å². The Balaban J connectivity index is 1.39. The number of rotatable bonds is 9. The minimum Gasteiger partial charge on any atom is -0.461 e. The molecule has 14 heteroatoms. The number of halogens is 5. The zero-order chi connectivity index (χ0) is 30.7. The van der Waals surface area contributed by atoms with Crippen LogP contribution in [0.1, 0.15) is 27.2 Å². The van der Waals surface area contributed by atoms with E-state index in [4.69, 9.17) is 4.42 Å². The van der Waals surface area contributed by atoms with Crippen molar-refractivity contribution in [2.45, 2.75) is 31.0 Å². The number of carbonyl (C=O) groups excluding carboxylic acids is 2. The molecular weight excluding hydrogens is 587 g/mol. The van der Waals surface area contributed by atoms with Crippen LogP contribution < -0.4 is 14.8 Å². The van der Waals surface area contributed by atoms with Gasteiger partial charge in [-0.15, -0.1) is 0 Å². The maximum atomic E-state index is 13.2. The third kappa shape index (κ3) is 7.32. The van der Waals surface area contributed by atoms with Crippen molar-refractivity contribution in [1.29, 1.82) is 0 Å². The third-order valence-corrected chi connectivity index (χ3v) is 7.26. The van der Waals surface area contributed by atoms with E-state index in [9.17, 15) is 40.0 Å². The predicted molar refractivity (Wildman–Crippen MR) is 140 cm³/mol. The van der Waals surface area contributed by atoms with Crippen LogP contribution >= 0.6 is 0 Å². The van der Waals surface area contributed by atoms with Gasteiger partial charge >= 0.3 is 12.8 Å². The van der Waals surface area contributed by atoms with Gasteiger partial charge in [0.15, 0.2) is 0 Å². The van der Waals surface area contributed by atoms with E-state index in [0.717, 1.165) is 18.2 Å². The van der Waals surface area contributed by atoms with Gasteiger partial charge in [0.05, 0.1) is 22.4 Å². The second kappa shape index (κ2) is 12.0. The lowest BCUT2D eigenvalue weighted by atomic mass is 10.1. The number of anilines is 1. The molecule has 0 spiro atoms. The van der Waals surface area contributed by atoms with E-state index in [-0.39, 0.29) is 17.1 Å². The maximum Gasteiger partial charge on any atom is 0.417 e. The fraction of sp³-hybridized carbons (Fsp3) is 0.143. The Hall–Kier alpha value is -4.72. The first-order chi connectivity index (χ1) is 19.7. The highest BCUT2D eigenvalue weighted by Crippen LogP contribution is 2.34. The summed E-state index contributed by atoms with van der Waals surface area (Å²) in [6, 6.07) is 16.4. The van der Waals surface area contributed by atoms with Gasteiger partial charge in [0, 0.05) is 11.3 Å². The van der Waals surface area contributed by atoms with E-state index < -0.39 is 51.5 Å². The highest BCUT2D eigenvalue weighted by atomic mass is 32.2. The van der Waals surface area contributed by atoms with Gasteiger partial charge in [0.25, 0.3) is 15.9 Å². The second-order valence-electron chi connectivity index (χ2n) is 8.83. The molecule has 0 fully saturated rings. The van der Waals surface area contributed by atoms with Crippen LogP contribution in [-0.4, -0.2) is 26.8 Å². The molecule has 0 radical (unpaired) electrons. The topological polar surface area (TPSA) is 115 Å². The lowest BCUT2D eigenvalue weighted by Gasteiger charge is -2.13. The van der Waals surface area contributed by atoms with Gasteiger partial charge in [-0.1, -0.05) is 24.3 Å². The number of amides is 2. The lowest BCUT2D eigenvalue weighted by molar-refractivity contribution is -0.140. The van der Waals surface area contributed by atoms with Gasteiger partial charge in [-0.3, -0.25) is 9.59 Å². The largest absolute Gasteiger partial charge is 0.461 e. The third-order valence-electron chi connectivity index (χ3n) is 5.83. The summed E-state index contributed by atoms with van der Waals surface area (Å²) in [7, 11) is -4.80. The summed E-state index contributed by atoms with van der Waals surface area (Å²) in [6.45, 7) is -1.40. The van der Waals surface area contributed by atoms with Crippen LogP contribution in [-0.2, 0) is 27.4 Å². The fourth-order valence-electron chi connectivity index (χ4n) is 3.92. The van der Waals surface area contributed by atoms with Gasteiger partial charge in [-0.05, 0) is 67.1 Å². The Kier molecular flexibility index (Phi) is 8.66. The van der Waals surface area contributed by atoms with Crippen LogP contribution in [0.15, 0.2) is 88.2 Å². The monoisotopic (exact) mass is 608 g/mol. The van der Waals surface area contributed by atoms with Gasteiger partial charge in [-0.25, -0.2) is 13.1 Å². The maximum absolute atomic E-state index is 13.2. The summed E-state index contributed by atoms with van der Waals surface area (Å²) in [5, 5.41) is 2.65. The standard InChI is InChI=1S/C28H21F5N2O6S/c1-16-21(15-23(40-16)18-8-12-20(13-9-18)41-27(29)30)26(37)34-19-10-6-17(7-11-19)14-25(36)35-42(38,39)24-5-3-2-4-22(24)28(31,32)33/h2-13,15,27H,14H2,1H3,(H,34,37)(H,35,36). The number of aryl methyl sites for hydroxylation is 1. The van der Waals surface area contributed by atoms with E-state index in [2.05, 4.69) is 10.1 Å². The van der Waals surface area contributed by atoms with Crippen LogP contribution in [0.25, 0.3) is 11.3 Å². The summed E-state index contributed by atoms with van der Waals surface area (Å²) < 4.78 is 101. The SMILES string of the molecule is Cc1oc(-c2ccc(OC(F)F)cc2)cc1C(=O)Nc1ccc(CC(=O)NS(=O)(=O)c2ccccc2C(F)(F)F)cc1. The van der Waals surface area contributed by atoms with Crippen molar-refractivity contribution in [3.8, 4) is 17.1 Å². The predicted octanol–water partition coefficient (Wildman–Crippen LogP) is 6.18. The van der Waals surface area contributed by atoms with Crippen molar-refractivity contribution in [1.82, 2.24) is 4.72 Å². The normalized spacial score (nSPS) is 11.8. The van der Waals surface area contributed by atoms with Crippen LogP contribution in [0, 0.1) is 6.92 Å². The number of hydrogen-bond acceptors (Lipinski definition) is 6. The molecular formula is C28H21F5N2O6S. The molecule has 2 amide bonds. The molecule has 0 bridgehead atoms. The Morgan fingerprint density at radius 2 is 1.60 bits per heavy atom. The smallest absolute Gasteiger partial charge is 0.417 e. The molecule has 1 aromatic heterocycles. The van der Waals surface area contributed by atoms with Gasteiger partial charge in [0.2, 0.25) is 5.91 Å². The van der Waals surface area contributed by atoms with Crippen LogP contribution in [0.4, 0.5) is 27.6 Å². The number of furan rings is 1. The van der Waals surface area contributed by atoms with Crippen LogP contribution in [0.3, 0.4) is 0 Å². The number of hydrogen-bond donors (Lipinski definition) is 2. The average molecular weight is 609 g/mol. The van der Waals surface area contributed by atoms with E-state index in [0.29, 0.717) is 28.6 Å². The van der Waals surface area contributed by atoms with Crippen molar-refractivity contribution in [2.75, 3.05) is 5.32 Å². The molecule has 220 valence electrons. The highest BCUT2D eigenvalue weighted by molar-refractivity contribution is 7.90. The summed E-state index contributed by atoms with van der Waals surface area (Å²) in [4.78, 5) is 24.1. The van der Waals surface area contributed by atoms with Crippen LogP contribution in [0.5, 0.6) is 5.75 Å². The van der Waals surface area contributed by atoms with Crippen molar-refractivity contribution in [3.05, 3.63) is 101 Å².